The molecule has 0 radical (unpaired) electrons. The lowest BCUT2D eigenvalue weighted by Crippen LogP contribution is -2.31. The van der Waals surface area contributed by atoms with E-state index in [0.717, 1.165) is 30.5 Å². The zero-order valence-corrected chi connectivity index (χ0v) is 21.5. The molecule has 1 amide bonds. The maximum atomic E-state index is 13.3. The predicted octanol–water partition coefficient (Wildman–Crippen LogP) is 6.95. The molecule has 1 saturated carbocycles. The number of halogens is 3. The second-order valence-corrected chi connectivity index (χ2v) is 9.53. The van der Waals surface area contributed by atoms with Crippen LogP contribution in [0.5, 0.6) is 5.75 Å². The number of aliphatic carboxylic acids is 1. The summed E-state index contributed by atoms with van der Waals surface area (Å²) in [4.78, 5) is 26.2. The van der Waals surface area contributed by atoms with E-state index in [1.807, 2.05) is 30.3 Å². The van der Waals surface area contributed by atoms with E-state index in [2.05, 4.69) is 0 Å². The van der Waals surface area contributed by atoms with Gasteiger partial charge in [0.2, 0.25) is 0 Å². The molecule has 0 spiro atoms. The zero-order chi connectivity index (χ0) is 28.0. The molecule has 0 atom stereocenters. The van der Waals surface area contributed by atoms with Crippen LogP contribution < -0.4 is 4.74 Å². The van der Waals surface area contributed by atoms with Gasteiger partial charge in [0.1, 0.15) is 12.4 Å². The van der Waals surface area contributed by atoms with Gasteiger partial charge in [-0.15, -0.1) is 0 Å². The molecule has 3 aromatic rings. The van der Waals surface area contributed by atoms with Crippen LogP contribution in [-0.2, 0) is 35.3 Å². The van der Waals surface area contributed by atoms with Crippen LogP contribution in [0.25, 0.3) is 11.1 Å². The molecule has 1 N–H and O–H groups in total. The molecule has 0 heterocycles. The molecule has 1 aliphatic rings. The van der Waals surface area contributed by atoms with E-state index in [4.69, 9.17) is 9.47 Å². The van der Waals surface area contributed by atoms with Gasteiger partial charge in [0, 0.05) is 12.1 Å². The Labute approximate surface area is 225 Å². The van der Waals surface area contributed by atoms with E-state index >= 15 is 0 Å². The third kappa shape index (κ3) is 7.52. The van der Waals surface area contributed by atoms with Crippen molar-refractivity contribution >= 4 is 12.1 Å². The molecular formula is C30H30F3NO5. The van der Waals surface area contributed by atoms with E-state index in [1.54, 1.807) is 19.1 Å². The number of carbonyl (C=O) groups excluding carboxylic acids is 1. The average Bonchev–Trinajstić information content (AvgIpc) is 3.74. The van der Waals surface area contributed by atoms with E-state index in [0.29, 0.717) is 40.5 Å². The molecule has 0 aliphatic heterocycles. The minimum atomic E-state index is -4.50. The molecule has 1 fully saturated rings. The van der Waals surface area contributed by atoms with Crippen LogP contribution in [-0.4, -0.2) is 35.2 Å². The molecule has 0 unspecified atom stereocenters. The van der Waals surface area contributed by atoms with Crippen LogP contribution in [0.4, 0.5) is 18.0 Å². The molecular weight excluding hydrogens is 511 g/mol. The van der Waals surface area contributed by atoms with Gasteiger partial charge in [0.25, 0.3) is 0 Å². The summed E-state index contributed by atoms with van der Waals surface area (Å²) >= 11 is 0. The molecule has 0 aromatic heterocycles. The Hall–Kier alpha value is -4.01. The Morgan fingerprint density at radius 2 is 1.69 bits per heavy atom. The minimum Gasteiger partial charge on any atom is -0.493 e. The first-order valence-corrected chi connectivity index (χ1v) is 12.8. The second-order valence-electron chi connectivity index (χ2n) is 9.53. The Bertz CT molecular complexity index is 1290. The summed E-state index contributed by atoms with van der Waals surface area (Å²) in [7, 11) is 0. The van der Waals surface area contributed by atoms with Gasteiger partial charge in [-0.1, -0.05) is 48.5 Å². The van der Waals surface area contributed by atoms with Crippen molar-refractivity contribution in [2.45, 2.75) is 45.5 Å². The van der Waals surface area contributed by atoms with E-state index in [9.17, 15) is 27.9 Å². The fourth-order valence-corrected chi connectivity index (χ4v) is 4.24. The Kier molecular flexibility index (Phi) is 8.79. The molecule has 9 heteroatoms. The van der Waals surface area contributed by atoms with Crippen molar-refractivity contribution < 1.29 is 37.3 Å². The van der Waals surface area contributed by atoms with Crippen LogP contribution in [0, 0.1) is 5.92 Å². The first-order valence-electron chi connectivity index (χ1n) is 12.8. The number of rotatable bonds is 11. The summed E-state index contributed by atoms with van der Waals surface area (Å²) in [5.74, 6) is -0.233. The number of carboxylic acids is 1. The van der Waals surface area contributed by atoms with Crippen molar-refractivity contribution in [1.29, 1.82) is 0 Å². The molecule has 0 bridgehead atoms. The van der Waals surface area contributed by atoms with Crippen LogP contribution >= 0.6 is 0 Å². The number of amides is 1. The van der Waals surface area contributed by atoms with Crippen molar-refractivity contribution in [3.8, 4) is 16.9 Å². The fraction of sp³-hybridized carbons (Fsp3) is 0.333. The quantitative estimate of drug-likeness (QED) is 0.284. The normalized spacial score (nSPS) is 13.1. The maximum absolute atomic E-state index is 13.3. The molecule has 1 aliphatic carbocycles. The van der Waals surface area contributed by atoms with Gasteiger partial charge < -0.3 is 19.5 Å². The zero-order valence-electron chi connectivity index (χ0n) is 21.5. The Morgan fingerprint density at radius 1 is 1.00 bits per heavy atom. The smallest absolute Gasteiger partial charge is 0.416 e. The van der Waals surface area contributed by atoms with E-state index < -0.39 is 23.8 Å². The number of hydrogen-bond donors (Lipinski definition) is 1. The fourth-order valence-electron chi connectivity index (χ4n) is 4.24. The predicted molar refractivity (Wildman–Crippen MR) is 139 cm³/mol. The third-order valence-electron chi connectivity index (χ3n) is 6.58. The van der Waals surface area contributed by atoms with Crippen LogP contribution in [0.1, 0.15) is 42.0 Å². The summed E-state index contributed by atoms with van der Waals surface area (Å²) in [6.07, 6.45) is -3.35. The van der Waals surface area contributed by atoms with Gasteiger partial charge in [-0.25, -0.2) is 4.79 Å². The largest absolute Gasteiger partial charge is 0.493 e. The third-order valence-corrected chi connectivity index (χ3v) is 6.58. The number of hydrogen-bond acceptors (Lipinski definition) is 4. The summed E-state index contributed by atoms with van der Waals surface area (Å²) in [5, 5.41) is 9.58. The monoisotopic (exact) mass is 541 g/mol. The van der Waals surface area contributed by atoms with Crippen LogP contribution in [0.2, 0.25) is 0 Å². The first-order chi connectivity index (χ1) is 18.7. The highest BCUT2D eigenvalue weighted by atomic mass is 19.4. The Morgan fingerprint density at radius 3 is 2.28 bits per heavy atom. The van der Waals surface area contributed by atoms with Gasteiger partial charge in [-0.2, -0.15) is 13.2 Å². The van der Waals surface area contributed by atoms with Gasteiger partial charge >= 0.3 is 18.2 Å². The van der Waals surface area contributed by atoms with Crippen LogP contribution in [0.3, 0.4) is 0 Å². The summed E-state index contributed by atoms with van der Waals surface area (Å²) in [6, 6.07) is 17.2. The lowest BCUT2D eigenvalue weighted by Gasteiger charge is -2.25. The second kappa shape index (κ2) is 12.2. The van der Waals surface area contributed by atoms with Gasteiger partial charge in [0.05, 0.1) is 25.1 Å². The highest BCUT2D eigenvalue weighted by Gasteiger charge is 2.31. The number of carbonyl (C=O) groups is 2. The number of benzene rings is 3. The van der Waals surface area contributed by atoms with E-state index in [-0.39, 0.29) is 26.1 Å². The Balaban J connectivity index is 1.72. The summed E-state index contributed by atoms with van der Waals surface area (Å²) < 4.78 is 51.4. The standard InChI is InChI=1S/C30H30F3NO5/c1-2-34(29(37)39-19-20-6-4-3-5-7-20)17-25-23(16-27(35)36)12-15-26(38-18-21-8-9-21)28(25)22-10-13-24(14-11-22)30(31,32)33/h3-7,10-15,21H,2,8-9,16-19H2,1H3,(H,35,36). The topological polar surface area (TPSA) is 76.1 Å². The van der Waals surface area contributed by atoms with Gasteiger partial charge in [-0.3, -0.25) is 4.79 Å². The molecule has 6 nitrogen and oxygen atoms in total. The first kappa shape index (κ1) is 28.0. The lowest BCUT2D eigenvalue weighted by molar-refractivity contribution is -0.138. The highest BCUT2D eigenvalue weighted by molar-refractivity contribution is 5.79. The lowest BCUT2D eigenvalue weighted by atomic mass is 9.92. The van der Waals surface area contributed by atoms with Gasteiger partial charge in [-0.05, 0) is 66.1 Å². The number of ether oxygens (including phenoxy) is 2. The average molecular weight is 542 g/mol. The van der Waals surface area contributed by atoms with E-state index in [1.165, 1.54) is 17.0 Å². The van der Waals surface area contributed by atoms with Crippen molar-refractivity contribution in [3.05, 3.63) is 89.0 Å². The molecule has 3 aromatic carbocycles. The SMILES string of the molecule is CCN(Cc1c(CC(=O)O)ccc(OCC2CC2)c1-c1ccc(C(F)(F)F)cc1)C(=O)OCc1ccccc1. The highest BCUT2D eigenvalue weighted by Crippen LogP contribution is 2.40. The number of nitrogens with zero attached hydrogens (tertiary/aromatic N) is 1. The number of alkyl halides is 3. The van der Waals surface area contributed by atoms with Gasteiger partial charge in [0.15, 0.2) is 0 Å². The summed E-state index contributed by atoms with van der Waals surface area (Å²) in [5.41, 5.74) is 1.85. The maximum Gasteiger partial charge on any atom is 0.416 e. The number of carboxylic acid groups (broad SMARTS) is 1. The van der Waals surface area contributed by atoms with Crippen molar-refractivity contribution in [1.82, 2.24) is 4.90 Å². The molecule has 206 valence electrons. The minimum absolute atomic E-state index is 0.0102. The molecule has 0 saturated heterocycles. The van der Waals surface area contributed by atoms with Crippen molar-refractivity contribution in [2.75, 3.05) is 13.2 Å². The van der Waals surface area contributed by atoms with Crippen molar-refractivity contribution in [3.63, 3.8) is 0 Å². The summed E-state index contributed by atoms with van der Waals surface area (Å²) in [6.45, 7) is 2.53. The molecule has 4 rings (SSSR count). The molecule has 39 heavy (non-hydrogen) atoms. The van der Waals surface area contributed by atoms with Crippen molar-refractivity contribution in [2.24, 2.45) is 5.92 Å². The van der Waals surface area contributed by atoms with Crippen LogP contribution in [0.15, 0.2) is 66.7 Å².